The minimum atomic E-state index is -0.930. The van der Waals surface area contributed by atoms with Crippen molar-refractivity contribution < 1.29 is 14.0 Å². The number of rotatable bonds is 6. The van der Waals surface area contributed by atoms with Crippen LogP contribution in [0.2, 0.25) is 0 Å². The molecule has 3 aromatic rings. The summed E-state index contributed by atoms with van der Waals surface area (Å²) in [5.41, 5.74) is 2.20. The van der Waals surface area contributed by atoms with Crippen LogP contribution in [-0.2, 0) is 4.79 Å². The summed E-state index contributed by atoms with van der Waals surface area (Å²) in [5, 5.41) is 8.57. The number of carbonyl (C=O) groups is 2. The van der Waals surface area contributed by atoms with Crippen molar-refractivity contribution in [3.05, 3.63) is 76.5 Å². The topological polar surface area (TPSA) is 75.2 Å². The molecule has 1 aliphatic carbocycles. The zero-order chi connectivity index (χ0) is 21.8. The quantitative estimate of drug-likeness (QED) is 0.618. The van der Waals surface area contributed by atoms with Crippen LogP contribution in [0.3, 0.4) is 0 Å². The first kappa shape index (κ1) is 21.1. The number of aryl methyl sites for hydroxylation is 1. The Labute approximate surface area is 184 Å². The third-order valence-electron chi connectivity index (χ3n) is 5.47. The highest BCUT2D eigenvalue weighted by Crippen LogP contribution is 2.31. The molecule has 0 radical (unpaired) electrons. The Bertz CT molecular complexity index is 1050. The number of nitrogens with one attached hydrogen (secondary N) is 1. The van der Waals surface area contributed by atoms with Crippen LogP contribution in [0.15, 0.2) is 53.9 Å². The van der Waals surface area contributed by atoms with Gasteiger partial charge in [0, 0.05) is 17.1 Å². The zero-order valence-corrected chi connectivity index (χ0v) is 17.9. The minimum absolute atomic E-state index is 0.0888. The Kier molecular flexibility index (Phi) is 6.36. The highest BCUT2D eigenvalue weighted by molar-refractivity contribution is 7.03. The fourth-order valence-corrected chi connectivity index (χ4v) is 4.40. The molecule has 1 fully saturated rings. The SMILES string of the molecule is Cc1cccc(C(C(=O)NC2CCCC2)N(C(=O)c2csnn2)c2ccc(F)cc2)c1. The van der Waals surface area contributed by atoms with Gasteiger partial charge in [-0.25, -0.2) is 4.39 Å². The average molecular weight is 439 g/mol. The Morgan fingerprint density at radius 3 is 2.55 bits per heavy atom. The van der Waals surface area contributed by atoms with E-state index in [1.54, 1.807) is 5.38 Å². The first-order valence-corrected chi connectivity index (χ1v) is 11.1. The molecule has 160 valence electrons. The molecule has 31 heavy (non-hydrogen) atoms. The van der Waals surface area contributed by atoms with Crippen molar-refractivity contribution >= 4 is 29.0 Å². The highest BCUT2D eigenvalue weighted by Gasteiger charge is 2.35. The van der Waals surface area contributed by atoms with Crippen LogP contribution in [0.25, 0.3) is 0 Å². The number of anilines is 1. The lowest BCUT2D eigenvalue weighted by molar-refractivity contribution is -0.123. The van der Waals surface area contributed by atoms with E-state index >= 15 is 0 Å². The fourth-order valence-electron chi connectivity index (χ4n) is 3.97. The van der Waals surface area contributed by atoms with E-state index in [1.807, 2.05) is 31.2 Å². The van der Waals surface area contributed by atoms with Crippen molar-refractivity contribution in [1.82, 2.24) is 14.9 Å². The maximum absolute atomic E-state index is 13.6. The summed E-state index contributed by atoms with van der Waals surface area (Å²) >= 11 is 1.06. The van der Waals surface area contributed by atoms with Gasteiger partial charge in [0.05, 0.1) is 0 Å². The molecule has 1 unspecified atom stereocenters. The third kappa shape index (κ3) is 4.80. The Morgan fingerprint density at radius 1 is 1.16 bits per heavy atom. The monoisotopic (exact) mass is 438 g/mol. The van der Waals surface area contributed by atoms with E-state index in [9.17, 15) is 14.0 Å². The molecule has 8 heteroatoms. The fraction of sp³-hybridized carbons (Fsp3) is 0.304. The van der Waals surface area contributed by atoms with E-state index in [0.29, 0.717) is 11.3 Å². The molecule has 2 aromatic carbocycles. The number of nitrogens with zero attached hydrogens (tertiary/aromatic N) is 3. The number of halogens is 1. The number of aromatic nitrogens is 2. The number of amides is 2. The Hall–Kier alpha value is -3.13. The third-order valence-corrected chi connectivity index (χ3v) is 5.97. The summed E-state index contributed by atoms with van der Waals surface area (Å²) in [5.74, 6) is -1.15. The van der Waals surface area contributed by atoms with Crippen molar-refractivity contribution in [3.63, 3.8) is 0 Å². The van der Waals surface area contributed by atoms with Crippen LogP contribution in [0, 0.1) is 12.7 Å². The minimum Gasteiger partial charge on any atom is -0.351 e. The molecule has 1 aromatic heterocycles. The second-order valence-electron chi connectivity index (χ2n) is 7.75. The van der Waals surface area contributed by atoms with Crippen LogP contribution in [-0.4, -0.2) is 27.4 Å². The van der Waals surface area contributed by atoms with E-state index in [-0.39, 0.29) is 17.6 Å². The largest absolute Gasteiger partial charge is 0.351 e. The molecule has 1 N–H and O–H groups in total. The molecule has 4 rings (SSSR count). The van der Waals surface area contributed by atoms with Crippen LogP contribution in [0.1, 0.15) is 53.3 Å². The summed E-state index contributed by atoms with van der Waals surface area (Å²) in [6.07, 6.45) is 4.00. The van der Waals surface area contributed by atoms with Crippen LogP contribution in [0.5, 0.6) is 0 Å². The summed E-state index contributed by atoms with van der Waals surface area (Å²) < 4.78 is 17.4. The standard InChI is InChI=1S/C23H23FN4O2S/c1-15-5-4-6-16(13-15)21(22(29)25-18-7-2-3-8-18)28(19-11-9-17(24)10-12-19)23(30)20-14-31-27-26-20/h4-6,9-14,18,21H,2-3,7-8H2,1H3,(H,25,29). The number of carbonyl (C=O) groups excluding carboxylic acids is 2. The summed E-state index contributed by atoms with van der Waals surface area (Å²) in [6.45, 7) is 1.93. The average Bonchev–Trinajstić information content (AvgIpc) is 3.46. The van der Waals surface area contributed by atoms with Gasteiger partial charge in [-0.15, -0.1) is 5.10 Å². The molecule has 0 aliphatic heterocycles. The molecular formula is C23H23FN4O2S. The first-order chi connectivity index (χ1) is 15.0. The van der Waals surface area contributed by atoms with Crippen molar-refractivity contribution in [2.24, 2.45) is 0 Å². The van der Waals surface area contributed by atoms with Crippen LogP contribution >= 0.6 is 11.5 Å². The number of hydrogen-bond acceptors (Lipinski definition) is 5. The highest BCUT2D eigenvalue weighted by atomic mass is 32.1. The van der Waals surface area contributed by atoms with E-state index in [0.717, 1.165) is 42.8 Å². The van der Waals surface area contributed by atoms with E-state index in [1.165, 1.54) is 29.2 Å². The van der Waals surface area contributed by atoms with Crippen molar-refractivity contribution in [1.29, 1.82) is 0 Å². The molecule has 6 nitrogen and oxygen atoms in total. The van der Waals surface area contributed by atoms with Gasteiger partial charge in [0.2, 0.25) is 5.91 Å². The van der Waals surface area contributed by atoms with Crippen LogP contribution < -0.4 is 10.2 Å². The smallest absolute Gasteiger partial charge is 0.280 e. The maximum atomic E-state index is 13.6. The van der Waals surface area contributed by atoms with Gasteiger partial charge in [-0.1, -0.05) is 47.2 Å². The summed E-state index contributed by atoms with van der Waals surface area (Å²) in [6, 6.07) is 12.2. The van der Waals surface area contributed by atoms with Gasteiger partial charge in [0.25, 0.3) is 5.91 Å². The van der Waals surface area contributed by atoms with Gasteiger partial charge in [-0.3, -0.25) is 14.5 Å². The Morgan fingerprint density at radius 2 is 1.90 bits per heavy atom. The lowest BCUT2D eigenvalue weighted by atomic mass is 10.00. The zero-order valence-electron chi connectivity index (χ0n) is 17.1. The number of hydrogen-bond donors (Lipinski definition) is 1. The maximum Gasteiger partial charge on any atom is 0.280 e. The molecule has 2 amide bonds. The molecule has 0 spiro atoms. The molecule has 1 saturated carbocycles. The van der Waals surface area contributed by atoms with Crippen molar-refractivity contribution in [2.45, 2.75) is 44.7 Å². The first-order valence-electron chi connectivity index (χ1n) is 10.3. The van der Waals surface area contributed by atoms with Gasteiger partial charge in [0.15, 0.2) is 5.69 Å². The second-order valence-corrected chi connectivity index (χ2v) is 8.36. The lowest BCUT2D eigenvalue weighted by Crippen LogP contribution is -2.46. The van der Waals surface area contributed by atoms with Gasteiger partial charge in [-0.05, 0) is 61.1 Å². The van der Waals surface area contributed by atoms with Crippen molar-refractivity contribution in [3.8, 4) is 0 Å². The molecule has 0 bridgehead atoms. The van der Waals surface area contributed by atoms with E-state index in [4.69, 9.17) is 0 Å². The molecule has 1 heterocycles. The van der Waals surface area contributed by atoms with Gasteiger partial charge < -0.3 is 5.32 Å². The normalized spacial score (nSPS) is 14.9. The molecular weight excluding hydrogens is 415 g/mol. The summed E-state index contributed by atoms with van der Waals surface area (Å²) in [7, 11) is 0. The molecule has 1 atom stereocenters. The number of benzene rings is 2. The van der Waals surface area contributed by atoms with Crippen LogP contribution in [0.4, 0.5) is 10.1 Å². The predicted molar refractivity (Wildman–Crippen MR) is 117 cm³/mol. The van der Waals surface area contributed by atoms with Gasteiger partial charge >= 0.3 is 0 Å². The molecule has 1 aliphatic rings. The molecule has 0 saturated heterocycles. The van der Waals surface area contributed by atoms with E-state index in [2.05, 4.69) is 14.9 Å². The van der Waals surface area contributed by atoms with E-state index < -0.39 is 17.8 Å². The second kappa shape index (κ2) is 9.34. The van der Waals surface area contributed by atoms with Crippen molar-refractivity contribution in [2.75, 3.05) is 4.90 Å². The summed E-state index contributed by atoms with van der Waals surface area (Å²) in [4.78, 5) is 28.4. The predicted octanol–water partition coefficient (Wildman–Crippen LogP) is 4.43. The van der Waals surface area contributed by atoms with Gasteiger partial charge in [-0.2, -0.15) is 0 Å². The van der Waals surface area contributed by atoms with Gasteiger partial charge in [0.1, 0.15) is 11.9 Å². The Balaban J connectivity index is 1.80. The lowest BCUT2D eigenvalue weighted by Gasteiger charge is -2.32.